The molecule has 8 nitrogen and oxygen atoms in total. The number of benzene rings is 1. The number of carbonyl (C=O) groups is 2. The first kappa shape index (κ1) is 24.0. The van der Waals surface area contributed by atoms with Crippen molar-refractivity contribution in [2.45, 2.75) is 64.1 Å². The van der Waals surface area contributed by atoms with Crippen molar-refractivity contribution in [2.75, 3.05) is 14.2 Å². The van der Waals surface area contributed by atoms with E-state index in [-0.39, 0.29) is 16.7 Å². The van der Waals surface area contributed by atoms with Gasteiger partial charge in [0.05, 0.1) is 25.2 Å². The van der Waals surface area contributed by atoms with Gasteiger partial charge in [0, 0.05) is 23.8 Å². The van der Waals surface area contributed by atoms with Gasteiger partial charge >= 0.3 is 5.97 Å². The molecule has 3 rings (SSSR count). The third kappa shape index (κ3) is 4.06. The average Bonchev–Trinajstić information content (AvgIpc) is 3.57. The van der Waals surface area contributed by atoms with E-state index in [0.717, 1.165) is 0 Å². The number of esters is 1. The minimum Gasteiger partial charge on any atom is -0.497 e. The Kier molecular flexibility index (Phi) is 6.80. The highest BCUT2D eigenvalue weighted by Crippen LogP contribution is 2.36. The number of Topliss-reactive ketones (excluding diaryl/α,β-unsaturated/α-hetero) is 1. The zero-order valence-electron chi connectivity index (χ0n) is 19.3. The number of aromatic nitrogens is 1. The van der Waals surface area contributed by atoms with Crippen LogP contribution in [0.1, 0.15) is 58.8 Å². The molecule has 32 heavy (non-hydrogen) atoms. The molecule has 0 saturated heterocycles. The van der Waals surface area contributed by atoms with Gasteiger partial charge in [-0.1, -0.05) is 0 Å². The molecule has 174 valence electrons. The van der Waals surface area contributed by atoms with E-state index >= 15 is 0 Å². The van der Waals surface area contributed by atoms with Crippen LogP contribution < -0.4 is 4.74 Å². The number of hydrogen-bond donors (Lipinski definition) is 0. The van der Waals surface area contributed by atoms with Crippen molar-refractivity contribution in [3.63, 3.8) is 0 Å². The van der Waals surface area contributed by atoms with E-state index in [1.54, 1.807) is 37.5 Å². The normalized spacial score (nSPS) is 15.0. The molecular weight excluding hydrogens is 432 g/mol. The van der Waals surface area contributed by atoms with Crippen LogP contribution in [0.2, 0.25) is 0 Å². The Morgan fingerprint density at radius 3 is 2.22 bits per heavy atom. The maximum Gasteiger partial charge on any atom is 0.354 e. The molecule has 0 radical (unpaired) electrons. The van der Waals surface area contributed by atoms with E-state index in [1.807, 2.05) is 6.92 Å². The fraction of sp³-hybridized carbons (Fsp3) is 0.478. The van der Waals surface area contributed by atoms with E-state index < -0.39 is 22.0 Å². The topological polar surface area (TPSA) is 94.9 Å². The van der Waals surface area contributed by atoms with Gasteiger partial charge in [-0.2, -0.15) is 4.31 Å². The number of hydrogen-bond acceptors (Lipinski definition) is 6. The minimum atomic E-state index is -3.91. The van der Waals surface area contributed by atoms with E-state index in [1.165, 1.54) is 30.7 Å². The summed E-state index contributed by atoms with van der Waals surface area (Å²) in [4.78, 5) is 26.1. The second kappa shape index (κ2) is 9.07. The Balaban J connectivity index is 2.04. The maximum atomic E-state index is 13.6. The zero-order valence-corrected chi connectivity index (χ0v) is 20.2. The summed E-state index contributed by atoms with van der Waals surface area (Å²) in [5, 5.41) is 0. The number of methoxy groups -OCH3 is 2. The van der Waals surface area contributed by atoms with Gasteiger partial charge in [0.2, 0.25) is 10.0 Å². The third-order valence-electron chi connectivity index (χ3n) is 6.01. The summed E-state index contributed by atoms with van der Waals surface area (Å²) in [5.74, 6) is -0.307. The summed E-state index contributed by atoms with van der Waals surface area (Å²) in [6.07, 6.45) is 1.41. The van der Waals surface area contributed by atoms with Crippen molar-refractivity contribution in [1.29, 1.82) is 0 Å². The van der Waals surface area contributed by atoms with Crippen LogP contribution >= 0.6 is 0 Å². The number of rotatable bonds is 9. The standard InChI is InChI=1S/C23H30N2O6S/c1-7-24-15(3)20(14(2)21(24)23(27)31-6)22(26)16(4)25(17-8-9-17)32(28,29)19-12-10-18(30-5)11-13-19/h10-13,16-17H,7-9H2,1-6H3/t16-/m1/s1. The van der Waals surface area contributed by atoms with Crippen molar-refractivity contribution in [3.8, 4) is 5.75 Å². The highest BCUT2D eigenvalue weighted by Gasteiger charge is 2.44. The molecule has 1 aromatic carbocycles. The smallest absolute Gasteiger partial charge is 0.354 e. The summed E-state index contributed by atoms with van der Waals surface area (Å²) in [6, 6.07) is 4.99. The molecule has 2 aromatic rings. The fourth-order valence-electron chi connectivity index (χ4n) is 4.26. The number of sulfonamides is 1. The van der Waals surface area contributed by atoms with Gasteiger partial charge in [0.15, 0.2) is 5.78 Å². The second-order valence-corrected chi connectivity index (χ2v) is 9.79. The Hall–Kier alpha value is -2.65. The van der Waals surface area contributed by atoms with E-state index in [9.17, 15) is 18.0 Å². The highest BCUT2D eigenvalue weighted by molar-refractivity contribution is 7.89. The third-order valence-corrected chi connectivity index (χ3v) is 8.05. The van der Waals surface area contributed by atoms with Crippen molar-refractivity contribution in [1.82, 2.24) is 8.87 Å². The van der Waals surface area contributed by atoms with Gasteiger partial charge < -0.3 is 14.0 Å². The van der Waals surface area contributed by atoms with Crippen LogP contribution in [0.5, 0.6) is 5.75 Å². The van der Waals surface area contributed by atoms with Crippen LogP contribution in [0.15, 0.2) is 29.2 Å². The highest BCUT2D eigenvalue weighted by atomic mass is 32.2. The molecule has 1 saturated carbocycles. The zero-order chi connectivity index (χ0) is 23.8. The largest absolute Gasteiger partial charge is 0.497 e. The van der Waals surface area contributed by atoms with Crippen molar-refractivity contribution in [3.05, 3.63) is 46.8 Å². The fourth-order valence-corrected chi connectivity index (χ4v) is 6.10. The van der Waals surface area contributed by atoms with Crippen LogP contribution in [0.3, 0.4) is 0 Å². The lowest BCUT2D eigenvalue weighted by Gasteiger charge is -2.28. The SMILES string of the molecule is CCn1c(C)c(C(=O)[C@@H](C)N(C2CC2)S(=O)(=O)c2ccc(OC)cc2)c(C)c1C(=O)OC. The molecular formula is C23H30N2O6S. The summed E-state index contributed by atoms with van der Waals surface area (Å²) in [6.45, 7) is 7.44. The van der Waals surface area contributed by atoms with Gasteiger partial charge in [0.1, 0.15) is 11.4 Å². The van der Waals surface area contributed by atoms with E-state index in [2.05, 4.69) is 0 Å². The molecule has 1 aliphatic rings. The predicted octanol–water partition coefficient (Wildman–Crippen LogP) is 3.34. The summed E-state index contributed by atoms with van der Waals surface area (Å²) in [5.41, 5.74) is 1.82. The first-order valence-electron chi connectivity index (χ1n) is 10.6. The quantitative estimate of drug-likeness (QED) is 0.419. The molecule has 0 aliphatic heterocycles. The summed E-state index contributed by atoms with van der Waals surface area (Å²) in [7, 11) is -1.11. The van der Waals surface area contributed by atoms with Crippen LogP contribution in [0.25, 0.3) is 0 Å². The molecule has 0 N–H and O–H groups in total. The Labute approximate surface area is 189 Å². The monoisotopic (exact) mass is 462 g/mol. The predicted molar refractivity (Wildman–Crippen MR) is 120 cm³/mol. The molecule has 0 bridgehead atoms. The molecule has 1 aromatic heterocycles. The first-order chi connectivity index (χ1) is 15.1. The van der Waals surface area contributed by atoms with Gasteiger partial charge in [-0.25, -0.2) is 13.2 Å². The van der Waals surface area contributed by atoms with Crippen molar-refractivity contribution < 1.29 is 27.5 Å². The maximum absolute atomic E-state index is 13.6. The van der Waals surface area contributed by atoms with Gasteiger partial charge in [-0.15, -0.1) is 0 Å². The number of ether oxygens (including phenoxy) is 2. The number of ketones is 1. The molecule has 1 heterocycles. The van der Waals surface area contributed by atoms with E-state index in [4.69, 9.17) is 9.47 Å². The summed E-state index contributed by atoms with van der Waals surface area (Å²) < 4.78 is 40.1. The minimum absolute atomic E-state index is 0.111. The van der Waals surface area contributed by atoms with Gasteiger partial charge in [-0.05, 0) is 70.4 Å². The van der Waals surface area contributed by atoms with Crippen LogP contribution in [-0.2, 0) is 21.3 Å². The van der Waals surface area contributed by atoms with Gasteiger partial charge in [0.25, 0.3) is 0 Å². The van der Waals surface area contributed by atoms with Crippen molar-refractivity contribution >= 4 is 21.8 Å². The lowest BCUT2D eigenvalue weighted by molar-refractivity contribution is 0.0587. The van der Waals surface area contributed by atoms with Gasteiger partial charge in [-0.3, -0.25) is 4.79 Å². The Bertz CT molecular complexity index is 1130. The lowest BCUT2D eigenvalue weighted by Crippen LogP contribution is -2.45. The second-order valence-electron chi connectivity index (χ2n) is 7.95. The van der Waals surface area contributed by atoms with Crippen LogP contribution in [0.4, 0.5) is 0 Å². The van der Waals surface area contributed by atoms with Crippen LogP contribution in [0, 0.1) is 13.8 Å². The Morgan fingerprint density at radius 2 is 1.75 bits per heavy atom. The molecule has 1 aliphatic carbocycles. The molecule has 1 fully saturated rings. The molecule has 0 spiro atoms. The first-order valence-corrected chi connectivity index (χ1v) is 12.0. The van der Waals surface area contributed by atoms with Crippen LogP contribution in [-0.4, -0.2) is 55.3 Å². The Morgan fingerprint density at radius 1 is 1.16 bits per heavy atom. The van der Waals surface area contributed by atoms with E-state index in [0.29, 0.717) is 47.7 Å². The molecule has 0 unspecified atom stereocenters. The number of nitrogens with zero attached hydrogens (tertiary/aromatic N) is 2. The van der Waals surface area contributed by atoms with Crippen molar-refractivity contribution in [2.24, 2.45) is 0 Å². The molecule has 1 atom stereocenters. The lowest BCUT2D eigenvalue weighted by atomic mass is 10.0. The molecule has 0 amide bonds. The number of carbonyl (C=O) groups excluding carboxylic acids is 2. The average molecular weight is 463 g/mol. The summed E-state index contributed by atoms with van der Waals surface area (Å²) >= 11 is 0. The molecule has 9 heteroatoms.